The minimum absolute atomic E-state index is 0.0740. The van der Waals surface area contributed by atoms with Gasteiger partial charge in [0.15, 0.2) is 5.16 Å². The molecule has 6 nitrogen and oxygen atoms in total. The lowest BCUT2D eigenvalue weighted by Gasteiger charge is -2.36. The first kappa shape index (κ1) is 21.6. The average molecular weight is 431 g/mol. The number of nitrogens with zero attached hydrogens (tertiary/aromatic N) is 4. The number of carbonyl (C=O) groups excluding carboxylic acids is 1. The molecule has 0 bridgehead atoms. The molecule has 0 unspecified atom stereocenters. The van der Waals surface area contributed by atoms with Crippen LogP contribution in [0.3, 0.4) is 0 Å². The monoisotopic (exact) mass is 430 g/mol. The van der Waals surface area contributed by atoms with Crippen molar-refractivity contribution in [3.05, 3.63) is 36.0 Å². The molecule has 0 aliphatic carbocycles. The Morgan fingerprint density at radius 3 is 2.38 bits per heavy atom. The van der Waals surface area contributed by atoms with Crippen molar-refractivity contribution in [1.29, 1.82) is 0 Å². The van der Waals surface area contributed by atoms with Crippen molar-refractivity contribution in [2.75, 3.05) is 36.2 Å². The zero-order chi connectivity index (χ0) is 21.4. The SMILES string of the molecule is CSc1ncc2c(n1)N(C)CCN(c1ccc(O[Si](C)(C)C(C)(C)C)cc1)C2=O. The van der Waals surface area contributed by atoms with Crippen LogP contribution < -0.4 is 14.2 Å². The number of thioether (sulfide) groups is 1. The van der Waals surface area contributed by atoms with Gasteiger partial charge in [0.05, 0.1) is 0 Å². The van der Waals surface area contributed by atoms with E-state index in [2.05, 4.69) is 43.8 Å². The van der Waals surface area contributed by atoms with Crippen molar-refractivity contribution >= 4 is 37.5 Å². The van der Waals surface area contributed by atoms with E-state index < -0.39 is 8.32 Å². The molecule has 0 radical (unpaired) electrons. The van der Waals surface area contributed by atoms with Gasteiger partial charge in [-0.15, -0.1) is 0 Å². The summed E-state index contributed by atoms with van der Waals surface area (Å²) in [7, 11) is 0.0656. The van der Waals surface area contributed by atoms with Crippen molar-refractivity contribution in [1.82, 2.24) is 9.97 Å². The van der Waals surface area contributed by atoms with Gasteiger partial charge in [-0.25, -0.2) is 9.97 Å². The van der Waals surface area contributed by atoms with E-state index >= 15 is 0 Å². The number of likely N-dealkylation sites (N-methyl/N-ethyl adjacent to an activating group) is 1. The van der Waals surface area contributed by atoms with Crippen molar-refractivity contribution in [2.45, 2.75) is 44.1 Å². The minimum Gasteiger partial charge on any atom is -0.544 e. The molecule has 0 saturated carbocycles. The molecule has 3 rings (SSSR count). The van der Waals surface area contributed by atoms with Crippen LogP contribution in [0.25, 0.3) is 0 Å². The second kappa shape index (κ2) is 7.99. The summed E-state index contributed by atoms with van der Waals surface area (Å²) in [6.07, 6.45) is 3.57. The Morgan fingerprint density at radius 1 is 1.14 bits per heavy atom. The first-order chi connectivity index (χ1) is 13.5. The van der Waals surface area contributed by atoms with Crippen LogP contribution in [0.4, 0.5) is 11.5 Å². The first-order valence-electron chi connectivity index (χ1n) is 9.76. The van der Waals surface area contributed by atoms with Crippen LogP contribution in [0.1, 0.15) is 31.1 Å². The van der Waals surface area contributed by atoms with E-state index in [1.54, 1.807) is 11.1 Å². The number of fused-ring (bicyclic) bond motifs is 1. The Hall–Kier alpha value is -2.06. The van der Waals surface area contributed by atoms with Gasteiger partial charge in [0, 0.05) is 32.0 Å². The second-order valence-electron chi connectivity index (χ2n) is 8.83. The number of aromatic nitrogens is 2. The third kappa shape index (κ3) is 4.43. The Kier molecular flexibility index (Phi) is 5.96. The van der Waals surface area contributed by atoms with E-state index in [0.29, 0.717) is 29.6 Å². The summed E-state index contributed by atoms with van der Waals surface area (Å²) in [5, 5.41) is 0.806. The molecule has 0 fully saturated rings. The molecule has 0 atom stereocenters. The Bertz CT molecular complexity index is 897. The van der Waals surface area contributed by atoms with E-state index in [4.69, 9.17) is 4.43 Å². The number of benzene rings is 1. The quantitative estimate of drug-likeness (QED) is 0.399. The molecule has 1 amide bonds. The second-order valence-corrected chi connectivity index (χ2v) is 14.3. The van der Waals surface area contributed by atoms with Crippen LogP contribution in [0.15, 0.2) is 35.6 Å². The number of hydrogen-bond donors (Lipinski definition) is 0. The van der Waals surface area contributed by atoms with Gasteiger partial charge in [-0.1, -0.05) is 32.5 Å². The number of carbonyl (C=O) groups is 1. The highest BCUT2D eigenvalue weighted by Gasteiger charge is 2.39. The lowest BCUT2D eigenvalue weighted by atomic mass is 10.2. The summed E-state index contributed by atoms with van der Waals surface area (Å²) in [5.41, 5.74) is 1.39. The highest BCUT2D eigenvalue weighted by molar-refractivity contribution is 7.98. The normalized spacial score (nSPS) is 15.2. The molecule has 29 heavy (non-hydrogen) atoms. The van der Waals surface area contributed by atoms with Crippen molar-refractivity contribution in [3.63, 3.8) is 0 Å². The van der Waals surface area contributed by atoms with E-state index in [-0.39, 0.29) is 10.9 Å². The van der Waals surface area contributed by atoms with Gasteiger partial charge >= 0.3 is 0 Å². The largest absolute Gasteiger partial charge is 0.544 e. The van der Waals surface area contributed by atoms with E-state index in [9.17, 15) is 4.79 Å². The van der Waals surface area contributed by atoms with E-state index in [1.165, 1.54) is 11.8 Å². The molecule has 0 saturated heterocycles. The summed E-state index contributed by atoms with van der Waals surface area (Å²) in [6, 6.07) is 7.85. The lowest BCUT2D eigenvalue weighted by Crippen LogP contribution is -2.43. The maximum absolute atomic E-state index is 13.2. The number of anilines is 2. The molecule has 1 aromatic heterocycles. The van der Waals surface area contributed by atoms with Crippen LogP contribution >= 0.6 is 11.8 Å². The molecule has 1 aromatic carbocycles. The molecule has 2 heterocycles. The topological polar surface area (TPSA) is 58.6 Å². The minimum atomic E-state index is -1.90. The predicted molar refractivity (Wildman–Crippen MR) is 123 cm³/mol. The third-order valence-corrected chi connectivity index (χ3v) is 10.7. The van der Waals surface area contributed by atoms with Gasteiger partial charge in [-0.3, -0.25) is 4.79 Å². The molecule has 8 heteroatoms. The van der Waals surface area contributed by atoms with Gasteiger partial charge in [0.25, 0.3) is 5.91 Å². The number of amides is 1. The Morgan fingerprint density at radius 2 is 1.79 bits per heavy atom. The van der Waals surface area contributed by atoms with Gasteiger partial charge in [-0.05, 0) is 48.7 Å². The Balaban J connectivity index is 1.86. The van der Waals surface area contributed by atoms with Crippen LogP contribution in [0, 0.1) is 0 Å². The zero-order valence-electron chi connectivity index (χ0n) is 18.3. The Labute approximate surface area is 178 Å². The van der Waals surface area contributed by atoms with E-state index in [1.807, 2.05) is 42.5 Å². The fourth-order valence-electron chi connectivity index (χ4n) is 2.89. The fourth-order valence-corrected chi connectivity index (χ4v) is 4.26. The molecule has 1 aliphatic rings. The predicted octanol–water partition coefficient (Wildman–Crippen LogP) is 4.68. The summed E-state index contributed by atoms with van der Waals surface area (Å²) in [5.74, 6) is 1.47. The molecule has 2 aromatic rings. The first-order valence-corrected chi connectivity index (χ1v) is 13.9. The number of hydrogen-bond acceptors (Lipinski definition) is 6. The zero-order valence-corrected chi connectivity index (χ0v) is 20.1. The van der Waals surface area contributed by atoms with Gasteiger partial charge in [0.1, 0.15) is 17.1 Å². The van der Waals surface area contributed by atoms with Crippen LogP contribution in [-0.2, 0) is 0 Å². The molecule has 1 aliphatic heterocycles. The van der Waals surface area contributed by atoms with Gasteiger partial charge in [-0.2, -0.15) is 0 Å². The van der Waals surface area contributed by atoms with Crippen molar-refractivity contribution in [3.8, 4) is 5.75 Å². The third-order valence-electron chi connectivity index (χ3n) is 5.75. The fraction of sp³-hybridized carbons (Fsp3) is 0.476. The lowest BCUT2D eigenvalue weighted by molar-refractivity contribution is 0.0989. The summed E-state index contributed by atoms with van der Waals surface area (Å²) in [4.78, 5) is 25.9. The maximum Gasteiger partial charge on any atom is 0.263 e. The van der Waals surface area contributed by atoms with E-state index in [0.717, 1.165) is 11.4 Å². The molecule has 0 N–H and O–H groups in total. The molecular formula is C21H30N4O2SSi. The average Bonchev–Trinajstić information content (AvgIpc) is 2.78. The molecule has 156 valence electrons. The highest BCUT2D eigenvalue weighted by Crippen LogP contribution is 2.37. The number of rotatable bonds is 4. The summed E-state index contributed by atoms with van der Waals surface area (Å²) >= 11 is 1.47. The van der Waals surface area contributed by atoms with Gasteiger partial charge < -0.3 is 14.2 Å². The van der Waals surface area contributed by atoms with Crippen molar-refractivity contribution < 1.29 is 9.22 Å². The highest BCUT2D eigenvalue weighted by atomic mass is 32.2. The summed E-state index contributed by atoms with van der Waals surface area (Å²) in [6.45, 7) is 12.4. The molecular weight excluding hydrogens is 400 g/mol. The smallest absolute Gasteiger partial charge is 0.263 e. The van der Waals surface area contributed by atoms with Crippen LogP contribution in [-0.4, -0.2) is 50.6 Å². The molecule has 0 spiro atoms. The standard InChI is InChI=1S/C21H30N4O2SSi/c1-21(2,3)29(6,7)27-16-10-8-15(9-11-16)25-13-12-24(4)18-17(19(25)26)14-22-20(23-18)28-5/h8-11,14H,12-13H2,1-7H3. The van der Waals surface area contributed by atoms with Crippen molar-refractivity contribution in [2.24, 2.45) is 0 Å². The maximum atomic E-state index is 13.2. The van der Waals surface area contributed by atoms with Crippen LogP contribution in [0.5, 0.6) is 5.75 Å². The van der Waals surface area contributed by atoms with Gasteiger partial charge in [0.2, 0.25) is 8.32 Å². The van der Waals surface area contributed by atoms with Crippen LogP contribution in [0.2, 0.25) is 18.1 Å². The summed E-state index contributed by atoms with van der Waals surface area (Å²) < 4.78 is 6.36.